The minimum Gasteiger partial charge on any atom is -0.283 e. The summed E-state index contributed by atoms with van der Waals surface area (Å²) in [6.45, 7) is 1.02. The summed E-state index contributed by atoms with van der Waals surface area (Å²) in [5, 5.41) is 14.7. The number of benzene rings is 2. The first-order valence-corrected chi connectivity index (χ1v) is 7.30. The second-order valence-electron chi connectivity index (χ2n) is 5.50. The molecule has 5 heteroatoms. The Hall–Kier alpha value is -2.97. The zero-order valence-corrected chi connectivity index (χ0v) is 12.8. The minimum absolute atomic E-state index is 0.0966. The van der Waals surface area contributed by atoms with Crippen LogP contribution in [0.5, 0.6) is 0 Å². The van der Waals surface area contributed by atoms with Crippen LogP contribution in [0.2, 0.25) is 0 Å². The van der Waals surface area contributed by atoms with Crippen LogP contribution < -0.4 is 5.56 Å². The minimum atomic E-state index is -0.0966. The number of hydrogen-bond acceptors (Lipinski definition) is 4. The van der Waals surface area contributed by atoms with Gasteiger partial charge in [0.2, 0.25) is 0 Å². The van der Waals surface area contributed by atoms with E-state index in [9.17, 15) is 4.79 Å². The number of nitrogens with zero attached hydrogens (tertiary/aromatic N) is 4. The highest BCUT2D eigenvalue weighted by atomic mass is 16.1. The molecule has 0 bridgehead atoms. The van der Waals surface area contributed by atoms with Gasteiger partial charge < -0.3 is 0 Å². The quantitative estimate of drug-likeness (QED) is 0.742. The molecule has 0 aliphatic carbocycles. The van der Waals surface area contributed by atoms with Crippen molar-refractivity contribution in [3.8, 4) is 6.07 Å². The van der Waals surface area contributed by atoms with Crippen LogP contribution >= 0.6 is 0 Å². The van der Waals surface area contributed by atoms with E-state index in [4.69, 9.17) is 5.26 Å². The Bertz CT molecular complexity index is 939. The van der Waals surface area contributed by atoms with Gasteiger partial charge in [-0.1, -0.05) is 30.3 Å². The predicted octanol–water partition coefficient (Wildman–Crippen LogP) is 2.36. The topological polar surface area (TPSA) is 61.9 Å². The molecule has 0 saturated carbocycles. The number of hydrogen-bond donors (Lipinski definition) is 0. The van der Waals surface area contributed by atoms with Crippen LogP contribution in [-0.2, 0) is 13.2 Å². The first-order chi connectivity index (χ1) is 11.2. The molecule has 3 aromatic rings. The average Bonchev–Trinajstić information content (AvgIpc) is 2.58. The third-order valence-electron chi connectivity index (χ3n) is 3.65. The van der Waals surface area contributed by atoms with E-state index in [-0.39, 0.29) is 5.56 Å². The Morgan fingerprint density at radius 3 is 2.87 bits per heavy atom. The lowest BCUT2D eigenvalue weighted by molar-refractivity contribution is 0.241. The molecule has 3 rings (SSSR count). The average molecular weight is 304 g/mol. The monoisotopic (exact) mass is 304 g/mol. The third-order valence-corrected chi connectivity index (χ3v) is 3.65. The molecule has 0 atom stereocenters. The van der Waals surface area contributed by atoms with E-state index in [0.29, 0.717) is 24.2 Å². The molecule has 0 radical (unpaired) electrons. The Labute approximate surface area is 134 Å². The van der Waals surface area contributed by atoms with Crippen molar-refractivity contribution in [2.24, 2.45) is 0 Å². The molecule has 2 aromatic carbocycles. The second kappa shape index (κ2) is 6.42. The van der Waals surface area contributed by atoms with Gasteiger partial charge in [0.1, 0.15) is 0 Å². The molecule has 1 heterocycles. The van der Waals surface area contributed by atoms with Crippen LogP contribution in [0.3, 0.4) is 0 Å². The third kappa shape index (κ3) is 3.28. The molecule has 0 N–H and O–H groups in total. The molecule has 5 nitrogen and oxygen atoms in total. The standard InChI is InChI=1S/C18H16N4O/c1-21(12-15-6-4-5-14(9-15)10-19)13-22-18(23)17-8-3-2-7-16(17)11-20-22/h2-9,11H,12-13H2,1H3. The van der Waals surface area contributed by atoms with E-state index >= 15 is 0 Å². The summed E-state index contributed by atoms with van der Waals surface area (Å²) in [5.74, 6) is 0. The SMILES string of the molecule is CN(Cc1cccc(C#N)c1)Cn1ncc2ccccc2c1=O. The lowest BCUT2D eigenvalue weighted by Gasteiger charge is -2.17. The number of fused-ring (bicyclic) bond motifs is 1. The lowest BCUT2D eigenvalue weighted by atomic mass is 10.1. The van der Waals surface area contributed by atoms with Crippen molar-refractivity contribution < 1.29 is 0 Å². The van der Waals surface area contributed by atoms with Crippen molar-refractivity contribution in [2.75, 3.05) is 7.05 Å². The van der Waals surface area contributed by atoms with Crippen LogP contribution in [0.4, 0.5) is 0 Å². The predicted molar refractivity (Wildman–Crippen MR) is 88.6 cm³/mol. The number of nitriles is 1. The molecule has 0 amide bonds. The summed E-state index contributed by atoms with van der Waals surface area (Å²) in [6.07, 6.45) is 1.71. The molecule has 0 saturated heterocycles. The number of aromatic nitrogens is 2. The van der Waals surface area contributed by atoms with E-state index in [2.05, 4.69) is 11.2 Å². The highest BCUT2D eigenvalue weighted by molar-refractivity contribution is 5.80. The van der Waals surface area contributed by atoms with Crippen LogP contribution in [0.25, 0.3) is 10.8 Å². The van der Waals surface area contributed by atoms with Crippen LogP contribution in [0.15, 0.2) is 59.5 Å². The molecule has 0 unspecified atom stereocenters. The molecular formula is C18H16N4O. The summed E-state index contributed by atoms with van der Waals surface area (Å²) in [6, 6.07) is 17.0. The van der Waals surface area contributed by atoms with Gasteiger partial charge in [-0.25, -0.2) is 4.68 Å². The van der Waals surface area contributed by atoms with Gasteiger partial charge in [0.15, 0.2) is 0 Å². The first kappa shape index (κ1) is 14.9. The summed E-state index contributed by atoms with van der Waals surface area (Å²) in [5.41, 5.74) is 1.57. The van der Waals surface area contributed by atoms with Crippen molar-refractivity contribution >= 4 is 10.8 Å². The lowest BCUT2D eigenvalue weighted by Crippen LogP contribution is -2.31. The molecule has 23 heavy (non-hydrogen) atoms. The maximum absolute atomic E-state index is 12.4. The molecule has 0 spiro atoms. The maximum atomic E-state index is 12.4. The van der Waals surface area contributed by atoms with Crippen molar-refractivity contribution in [3.63, 3.8) is 0 Å². The van der Waals surface area contributed by atoms with Gasteiger partial charge in [-0.2, -0.15) is 10.4 Å². The smallest absolute Gasteiger partial charge is 0.275 e. The molecule has 1 aromatic heterocycles. The fourth-order valence-electron chi connectivity index (χ4n) is 2.56. The highest BCUT2D eigenvalue weighted by Crippen LogP contribution is 2.09. The van der Waals surface area contributed by atoms with E-state index in [0.717, 1.165) is 10.9 Å². The van der Waals surface area contributed by atoms with E-state index in [1.165, 1.54) is 4.68 Å². The fraction of sp³-hybridized carbons (Fsp3) is 0.167. The first-order valence-electron chi connectivity index (χ1n) is 7.30. The van der Waals surface area contributed by atoms with Crippen molar-refractivity contribution in [1.82, 2.24) is 14.7 Å². The summed E-state index contributed by atoms with van der Waals surface area (Å²) < 4.78 is 1.45. The van der Waals surface area contributed by atoms with Crippen LogP contribution in [0.1, 0.15) is 11.1 Å². The van der Waals surface area contributed by atoms with Crippen molar-refractivity contribution in [1.29, 1.82) is 5.26 Å². The Kier molecular flexibility index (Phi) is 4.18. The molecule has 0 fully saturated rings. The van der Waals surface area contributed by atoms with Gasteiger partial charge in [-0.15, -0.1) is 0 Å². The van der Waals surface area contributed by atoms with Gasteiger partial charge in [-0.3, -0.25) is 9.69 Å². The van der Waals surface area contributed by atoms with E-state index in [1.807, 2.05) is 54.4 Å². The van der Waals surface area contributed by atoms with Crippen molar-refractivity contribution in [3.05, 3.63) is 76.2 Å². The van der Waals surface area contributed by atoms with Gasteiger partial charge in [0, 0.05) is 11.9 Å². The molecular weight excluding hydrogens is 288 g/mol. The Morgan fingerprint density at radius 1 is 1.22 bits per heavy atom. The normalized spacial score (nSPS) is 10.8. The Morgan fingerprint density at radius 2 is 2.04 bits per heavy atom. The maximum Gasteiger partial charge on any atom is 0.275 e. The molecule has 0 aliphatic heterocycles. The van der Waals surface area contributed by atoms with Gasteiger partial charge in [-0.05, 0) is 30.8 Å². The zero-order valence-electron chi connectivity index (χ0n) is 12.8. The largest absolute Gasteiger partial charge is 0.283 e. The number of rotatable bonds is 4. The summed E-state index contributed by atoms with van der Waals surface area (Å²) in [7, 11) is 1.92. The van der Waals surface area contributed by atoms with E-state index < -0.39 is 0 Å². The Balaban J connectivity index is 1.80. The van der Waals surface area contributed by atoms with Gasteiger partial charge in [0.05, 0.1) is 29.9 Å². The van der Waals surface area contributed by atoms with Gasteiger partial charge in [0.25, 0.3) is 5.56 Å². The summed E-state index contributed by atoms with van der Waals surface area (Å²) >= 11 is 0. The van der Waals surface area contributed by atoms with Crippen LogP contribution in [0, 0.1) is 11.3 Å². The molecule has 0 aliphatic rings. The van der Waals surface area contributed by atoms with Crippen LogP contribution in [-0.4, -0.2) is 21.7 Å². The van der Waals surface area contributed by atoms with Gasteiger partial charge >= 0.3 is 0 Å². The zero-order chi connectivity index (χ0) is 16.2. The fourth-order valence-corrected chi connectivity index (χ4v) is 2.56. The second-order valence-corrected chi connectivity index (χ2v) is 5.50. The summed E-state index contributed by atoms with van der Waals surface area (Å²) in [4.78, 5) is 14.4. The van der Waals surface area contributed by atoms with Crippen molar-refractivity contribution in [2.45, 2.75) is 13.2 Å². The molecule has 114 valence electrons. The van der Waals surface area contributed by atoms with E-state index in [1.54, 1.807) is 12.3 Å². The highest BCUT2D eigenvalue weighted by Gasteiger charge is 2.07.